The second kappa shape index (κ2) is 6.37. The number of hydrogen-bond donors (Lipinski definition) is 1. The van der Waals surface area contributed by atoms with E-state index in [0.717, 1.165) is 30.2 Å². The van der Waals surface area contributed by atoms with Crippen LogP contribution in [0, 0.1) is 6.92 Å². The van der Waals surface area contributed by atoms with Crippen molar-refractivity contribution in [3.63, 3.8) is 0 Å². The molecule has 1 aromatic carbocycles. The standard InChI is InChI=1S/C13H16Cl2N4/c1-9-17-18-13(19(9)2)8-16-6-5-10-3-4-11(14)7-12(10)15/h3-4,7,16H,5-6,8H2,1-2H3. The normalized spacial score (nSPS) is 10.9. The fourth-order valence-electron chi connectivity index (χ4n) is 1.75. The van der Waals surface area contributed by atoms with E-state index in [9.17, 15) is 0 Å². The maximum absolute atomic E-state index is 6.12. The molecule has 0 atom stereocenters. The quantitative estimate of drug-likeness (QED) is 0.863. The zero-order valence-electron chi connectivity index (χ0n) is 11.0. The monoisotopic (exact) mass is 298 g/mol. The van der Waals surface area contributed by atoms with Gasteiger partial charge in [-0.1, -0.05) is 29.3 Å². The van der Waals surface area contributed by atoms with E-state index in [-0.39, 0.29) is 0 Å². The van der Waals surface area contributed by atoms with Crippen molar-refractivity contribution in [2.45, 2.75) is 19.9 Å². The molecular formula is C13H16Cl2N4. The van der Waals surface area contributed by atoms with Gasteiger partial charge in [-0.2, -0.15) is 0 Å². The molecule has 0 amide bonds. The lowest BCUT2D eigenvalue weighted by Crippen LogP contribution is -2.19. The Balaban J connectivity index is 1.82. The Hall–Kier alpha value is -1.10. The van der Waals surface area contributed by atoms with Gasteiger partial charge in [-0.05, 0) is 37.6 Å². The van der Waals surface area contributed by atoms with Crippen molar-refractivity contribution in [1.82, 2.24) is 20.1 Å². The molecular weight excluding hydrogens is 283 g/mol. The predicted molar refractivity (Wildman–Crippen MR) is 77.6 cm³/mol. The van der Waals surface area contributed by atoms with E-state index in [1.807, 2.05) is 30.7 Å². The van der Waals surface area contributed by atoms with Crippen LogP contribution in [0.2, 0.25) is 10.0 Å². The number of aryl methyl sites for hydroxylation is 1. The second-order valence-corrected chi connectivity index (χ2v) is 5.23. The highest BCUT2D eigenvalue weighted by Gasteiger charge is 2.04. The third kappa shape index (κ3) is 3.69. The average molecular weight is 299 g/mol. The van der Waals surface area contributed by atoms with E-state index in [4.69, 9.17) is 23.2 Å². The highest BCUT2D eigenvalue weighted by atomic mass is 35.5. The summed E-state index contributed by atoms with van der Waals surface area (Å²) < 4.78 is 1.97. The van der Waals surface area contributed by atoms with Crippen LogP contribution in [0.3, 0.4) is 0 Å². The van der Waals surface area contributed by atoms with Crippen LogP contribution in [-0.2, 0) is 20.0 Å². The number of nitrogens with zero attached hydrogens (tertiary/aromatic N) is 3. The van der Waals surface area contributed by atoms with E-state index in [0.29, 0.717) is 16.6 Å². The minimum absolute atomic E-state index is 0.663. The molecule has 0 saturated heterocycles. The molecule has 0 aliphatic carbocycles. The first-order valence-electron chi connectivity index (χ1n) is 6.07. The molecule has 2 rings (SSSR count). The molecule has 0 fully saturated rings. The van der Waals surface area contributed by atoms with Crippen LogP contribution in [0.1, 0.15) is 17.2 Å². The summed E-state index contributed by atoms with van der Waals surface area (Å²) in [5, 5.41) is 12.8. The molecule has 0 bridgehead atoms. The summed E-state index contributed by atoms with van der Waals surface area (Å²) in [5.74, 6) is 1.84. The van der Waals surface area contributed by atoms with Gasteiger partial charge in [0.1, 0.15) is 11.6 Å². The van der Waals surface area contributed by atoms with Crippen molar-refractivity contribution in [3.05, 3.63) is 45.5 Å². The Morgan fingerprint density at radius 2 is 2.05 bits per heavy atom. The summed E-state index contributed by atoms with van der Waals surface area (Å²) in [6.07, 6.45) is 0.854. The summed E-state index contributed by atoms with van der Waals surface area (Å²) in [4.78, 5) is 0. The molecule has 0 radical (unpaired) electrons. The lowest BCUT2D eigenvalue weighted by atomic mass is 10.1. The lowest BCUT2D eigenvalue weighted by molar-refractivity contribution is 0.633. The van der Waals surface area contributed by atoms with Crippen molar-refractivity contribution in [2.75, 3.05) is 6.54 Å². The molecule has 0 spiro atoms. The largest absolute Gasteiger partial charge is 0.317 e. The third-order valence-electron chi connectivity index (χ3n) is 3.05. The van der Waals surface area contributed by atoms with E-state index in [1.54, 1.807) is 6.07 Å². The molecule has 1 aromatic heterocycles. The van der Waals surface area contributed by atoms with Gasteiger partial charge in [-0.15, -0.1) is 10.2 Å². The summed E-state index contributed by atoms with van der Waals surface area (Å²) in [6, 6.07) is 5.58. The minimum Gasteiger partial charge on any atom is -0.317 e. The van der Waals surface area contributed by atoms with Crippen LogP contribution >= 0.6 is 23.2 Å². The van der Waals surface area contributed by atoms with Crippen molar-refractivity contribution < 1.29 is 0 Å². The van der Waals surface area contributed by atoms with Crippen molar-refractivity contribution >= 4 is 23.2 Å². The number of hydrogen-bond acceptors (Lipinski definition) is 3. The maximum atomic E-state index is 6.12. The van der Waals surface area contributed by atoms with E-state index in [2.05, 4.69) is 15.5 Å². The highest BCUT2D eigenvalue weighted by molar-refractivity contribution is 6.35. The number of rotatable bonds is 5. The molecule has 0 saturated carbocycles. The van der Waals surface area contributed by atoms with Gasteiger partial charge < -0.3 is 9.88 Å². The molecule has 0 aliphatic rings. The third-order valence-corrected chi connectivity index (χ3v) is 3.64. The van der Waals surface area contributed by atoms with Crippen LogP contribution in [0.15, 0.2) is 18.2 Å². The Morgan fingerprint density at radius 1 is 1.26 bits per heavy atom. The Kier molecular flexibility index (Phi) is 4.80. The molecule has 1 N–H and O–H groups in total. The molecule has 4 nitrogen and oxygen atoms in total. The summed E-state index contributed by atoms with van der Waals surface area (Å²) in [7, 11) is 1.96. The lowest BCUT2D eigenvalue weighted by Gasteiger charge is -2.07. The first-order chi connectivity index (χ1) is 9.08. The van der Waals surface area contributed by atoms with Crippen molar-refractivity contribution in [3.8, 4) is 0 Å². The smallest absolute Gasteiger partial charge is 0.146 e. The van der Waals surface area contributed by atoms with Crippen LogP contribution in [0.5, 0.6) is 0 Å². The van der Waals surface area contributed by atoms with Gasteiger partial charge in [0, 0.05) is 17.1 Å². The predicted octanol–water partition coefficient (Wildman–Crippen LogP) is 2.76. The maximum Gasteiger partial charge on any atom is 0.146 e. The topological polar surface area (TPSA) is 42.7 Å². The van der Waals surface area contributed by atoms with E-state index < -0.39 is 0 Å². The molecule has 2 aromatic rings. The summed E-state index contributed by atoms with van der Waals surface area (Å²) in [5.41, 5.74) is 1.09. The molecule has 1 heterocycles. The highest BCUT2D eigenvalue weighted by Crippen LogP contribution is 2.21. The van der Waals surface area contributed by atoms with Gasteiger partial charge >= 0.3 is 0 Å². The van der Waals surface area contributed by atoms with Gasteiger partial charge in [0.25, 0.3) is 0 Å². The molecule has 102 valence electrons. The summed E-state index contributed by atoms with van der Waals surface area (Å²) >= 11 is 12.0. The first kappa shape index (κ1) is 14.3. The number of halogens is 2. The Labute approximate surface area is 122 Å². The fourth-order valence-corrected chi connectivity index (χ4v) is 2.26. The van der Waals surface area contributed by atoms with Crippen molar-refractivity contribution in [2.24, 2.45) is 7.05 Å². The molecule has 0 unspecified atom stereocenters. The summed E-state index contributed by atoms with van der Waals surface area (Å²) in [6.45, 7) is 3.46. The van der Waals surface area contributed by atoms with Crippen LogP contribution < -0.4 is 5.32 Å². The van der Waals surface area contributed by atoms with Crippen LogP contribution in [-0.4, -0.2) is 21.3 Å². The number of aromatic nitrogens is 3. The van der Waals surface area contributed by atoms with Gasteiger partial charge in [0.05, 0.1) is 6.54 Å². The van der Waals surface area contributed by atoms with Gasteiger partial charge in [-0.3, -0.25) is 0 Å². The Bertz CT molecular complexity index is 566. The average Bonchev–Trinajstić information content (AvgIpc) is 2.68. The fraction of sp³-hybridized carbons (Fsp3) is 0.385. The van der Waals surface area contributed by atoms with Crippen LogP contribution in [0.4, 0.5) is 0 Å². The number of benzene rings is 1. The molecule has 19 heavy (non-hydrogen) atoms. The van der Waals surface area contributed by atoms with Crippen LogP contribution in [0.25, 0.3) is 0 Å². The van der Waals surface area contributed by atoms with Gasteiger partial charge in [0.15, 0.2) is 0 Å². The SMILES string of the molecule is Cc1nnc(CNCCc2ccc(Cl)cc2Cl)n1C. The van der Waals surface area contributed by atoms with E-state index in [1.165, 1.54) is 0 Å². The zero-order chi connectivity index (χ0) is 13.8. The second-order valence-electron chi connectivity index (χ2n) is 4.38. The van der Waals surface area contributed by atoms with Gasteiger partial charge in [-0.25, -0.2) is 0 Å². The first-order valence-corrected chi connectivity index (χ1v) is 6.83. The molecule has 6 heteroatoms. The molecule has 0 aliphatic heterocycles. The van der Waals surface area contributed by atoms with Crippen molar-refractivity contribution in [1.29, 1.82) is 0 Å². The van der Waals surface area contributed by atoms with Gasteiger partial charge in [0.2, 0.25) is 0 Å². The number of nitrogens with one attached hydrogen (secondary N) is 1. The zero-order valence-corrected chi connectivity index (χ0v) is 12.5. The minimum atomic E-state index is 0.663. The van der Waals surface area contributed by atoms with E-state index >= 15 is 0 Å². The Morgan fingerprint density at radius 3 is 2.68 bits per heavy atom.